The van der Waals surface area contributed by atoms with Gasteiger partial charge in [0.15, 0.2) is 0 Å². The Labute approximate surface area is 197 Å². The van der Waals surface area contributed by atoms with Gasteiger partial charge in [-0.05, 0) is 55.5 Å². The van der Waals surface area contributed by atoms with E-state index in [2.05, 4.69) is 27.2 Å². The van der Waals surface area contributed by atoms with E-state index < -0.39 is 0 Å². The third-order valence-corrected chi connectivity index (χ3v) is 6.25. The van der Waals surface area contributed by atoms with Gasteiger partial charge in [-0.3, -0.25) is 4.79 Å². The molecule has 1 amide bonds. The molecule has 0 atom stereocenters. The van der Waals surface area contributed by atoms with Crippen LogP contribution in [0.1, 0.15) is 13.3 Å². The molecule has 0 aliphatic carbocycles. The Kier molecular flexibility index (Phi) is 7.72. The lowest BCUT2D eigenvalue weighted by atomic mass is 10.2. The van der Waals surface area contributed by atoms with Crippen molar-refractivity contribution in [3.8, 4) is 23.0 Å². The molecule has 4 rings (SSSR count). The maximum atomic E-state index is 12.6. The monoisotopic (exact) mass is 468 g/mol. The number of anilines is 1. The number of thioether (sulfide) groups is 1. The quantitative estimate of drug-likeness (QED) is 0.437. The normalized spacial score (nSPS) is 13.8. The summed E-state index contributed by atoms with van der Waals surface area (Å²) in [7, 11) is 1.66. The molecule has 1 aliphatic heterocycles. The molecule has 1 aromatic heterocycles. The van der Waals surface area contributed by atoms with Crippen molar-refractivity contribution < 1.29 is 18.7 Å². The maximum Gasteiger partial charge on any atom is 0.276 e. The molecule has 9 heteroatoms. The smallest absolute Gasteiger partial charge is 0.276 e. The number of carbonyl (C=O) groups is 1. The molecule has 0 spiro atoms. The van der Waals surface area contributed by atoms with Crippen molar-refractivity contribution in [3.63, 3.8) is 0 Å². The zero-order chi connectivity index (χ0) is 23.0. The zero-order valence-electron chi connectivity index (χ0n) is 18.9. The average molecular weight is 469 g/mol. The average Bonchev–Trinajstić information content (AvgIpc) is 3.34. The lowest BCUT2D eigenvalue weighted by Gasteiger charge is -2.36. The number of ether oxygens (including phenoxy) is 2. The van der Waals surface area contributed by atoms with Crippen LogP contribution >= 0.6 is 11.8 Å². The Morgan fingerprint density at radius 2 is 1.70 bits per heavy atom. The van der Waals surface area contributed by atoms with Crippen molar-refractivity contribution in [2.24, 2.45) is 0 Å². The van der Waals surface area contributed by atoms with Gasteiger partial charge in [-0.15, -0.1) is 10.2 Å². The van der Waals surface area contributed by atoms with Crippen LogP contribution in [0.4, 0.5) is 5.69 Å². The van der Waals surface area contributed by atoms with Crippen LogP contribution < -0.4 is 14.4 Å². The molecule has 0 bridgehead atoms. The second-order valence-corrected chi connectivity index (χ2v) is 8.54. The van der Waals surface area contributed by atoms with Gasteiger partial charge in [-0.2, -0.15) is 0 Å². The van der Waals surface area contributed by atoms with Crippen LogP contribution in [0.15, 0.2) is 58.2 Å². The van der Waals surface area contributed by atoms with Gasteiger partial charge in [0.1, 0.15) is 11.5 Å². The fourth-order valence-electron chi connectivity index (χ4n) is 3.64. The largest absolute Gasteiger partial charge is 0.497 e. The standard InChI is InChI=1S/C24H28N4O4S/c1-3-31-21-8-4-18(5-9-21)23-25-26-24(32-23)33-17-12-22(29)28-15-13-27(14-16-28)19-6-10-20(30-2)11-7-19/h4-11H,3,12-17H2,1-2H3. The fourth-order valence-corrected chi connectivity index (χ4v) is 4.32. The van der Waals surface area contributed by atoms with E-state index in [1.807, 2.05) is 48.2 Å². The Morgan fingerprint density at radius 3 is 2.36 bits per heavy atom. The number of benzene rings is 2. The highest BCUT2D eigenvalue weighted by molar-refractivity contribution is 7.99. The number of carbonyl (C=O) groups excluding carboxylic acids is 1. The minimum atomic E-state index is 0.156. The van der Waals surface area contributed by atoms with Gasteiger partial charge in [-0.1, -0.05) is 11.8 Å². The van der Waals surface area contributed by atoms with E-state index in [0.717, 1.165) is 48.9 Å². The first kappa shape index (κ1) is 23.0. The number of hydrogen-bond donors (Lipinski definition) is 0. The highest BCUT2D eigenvalue weighted by Gasteiger charge is 2.21. The molecule has 174 valence electrons. The molecule has 8 nitrogen and oxygen atoms in total. The van der Waals surface area contributed by atoms with Gasteiger partial charge < -0.3 is 23.7 Å². The predicted octanol–water partition coefficient (Wildman–Crippen LogP) is 3.97. The molecule has 33 heavy (non-hydrogen) atoms. The summed E-state index contributed by atoms with van der Waals surface area (Å²) in [6.07, 6.45) is 0.438. The van der Waals surface area contributed by atoms with Crippen molar-refractivity contribution in [2.45, 2.75) is 18.6 Å². The van der Waals surface area contributed by atoms with Crippen LogP contribution in [0.2, 0.25) is 0 Å². The topological polar surface area (TPSA) is 80.9 Å². The van der Waals surface area contributed by atoms with E-state index in [1.165, 1.54) is 11.8 Å². The molecule has 1 aliphatic rings. The van der Waals surface area contributed by atoms with E-state index in [9.17, 15) is 4.79 Å². The molecule has 0 saturated carbocycles. The molecule has 3 aromatic rings. The van der Waals surface area contributed by atoms with E-state index in [-0.39, 0.29) is 5.91 Å². The third kappa shape index (κ3) is 5.98. The van der Waals surface area contributed by atoms with Crippen molar-refractivity contribution in [2.75, 3.05) is 50.5 Å². The first-order chi connectivity index (χ1) is 16.2. The summed E-state index contributed by atoms with van der Waals surface area (Å²) in [4.78, 5) is 16.8. The van der Waals surface area contributed by atoms with Gasteiger partial charge in [0.25, 0.3) is 5.22 Å². The van der Waals surface area contributed by atoms with E-state index in [4.69, 9.17) is 13.9 Å². The Balaban J connectivity index is 1.21. The summed E-state index contributed by atoms with van der Waals surface area (Å²) in [5, 5.41) is 8.67. The summed E-state index contributed by atoms with van der Waals surface area (Å²) < 4.78 is 16.4. The lowest BCUT2D eigenvalue weighted by molar-refractivity contribution is -0.131. The van der Waals surface area contributed by atoms with E-state index in [0.29, 0.717) is 29.9 Å². The van der Waals surface area contributed by atoms with Crippen LogP contribution in [0, 0.1) is 0 Å². The van der Waals surface area contributed by atoms with Crippen molar-refractivity contribution in [3.05, 3.63) is 48.5 Å². The summed E-state index contributed by atoms with van der Waals surface area (Å²) >= 11 is 1.41. The van der Waals surface area contributed by atoms with Crippen LogP contribution in [-0.4, -0.2) is 66.7 Å². The Morgan fingerprint density at radius 1 is 1.00 bits per heavy atom. The fraction of sp³-hybridized carbons (Fsp3) is 0.375. The zero-order valence-corrected chi connectivity index (χ0v) is 19.7. The molecule has 0 unspecified atom stereocenters. The van der Waals surface area contributed by atoms with Crippen LogP contribution in [-0.2, 0) is 4.79 Å². The minimum absolute atomic E-state index is 0.156. The second kappa shape index (κ2) is 11.1. The Hall–Kier alpha value is -3.20. The number of piperazine rings is 1. The number of rotatable bonds is 9. The van der Waals surface area contributed by atoms with E-state index >= 15 is 0 Å². The molecule has 2 aromatic carbocycles. The third-order valence-electron chi connectivity index (χ3n) is 5.43. The van der Waals surface area contributed by atoms with Crippen molar-refractivity contribution >= 4 is 23.4 Å². The minimum Gasteiger partial charge on any atom is -0.497 e. The number of nitrogens with zero attached hydrogens (tertiary/aromatic N) is 4. The molecule has 2 heterocycles. The molecule has 1 saturated heterocycles. The van der Waals surface area contributed by atoms with Gasteiger partial charge in [0, 0.05) is 49.6 Å². The predicted molar refractivity (Wildman–Crippen MR) is 128 cm³/mol. The second-order valence-electron chi connectivity index (χ2n) is 7.49. The molecule has 1 fully saturated rings. The number of methoxy groups -OCH3 is 1. The first-order valence-corrected chi connectivity index (χ1v) is 12.0. The highest BCUT2D eigenvalue weighted by atomic mass is 32.2. The van der Waals surface area contributed by atoms with Crippen LogP contribution in [0.3, 0.4) is 0 Å². The summed E-state index contributed by atoms with van der Waals surface area (Å²) in [5.74, 6) is 2.86. The summed E-state index contributed by atoms with van der Waals surface area (Å²) in [6, 6.07) is 15.6. The van der Waals surface area contributed by atoms with E-state index in [1.54, 1.807) is 7.11 Å². The number of aromatic nitrogens is 2. The van der Waals surface area contributed by atoms with Gasteiger partial charge >= 0.3 is 0 Å². The highest BCUT2D eigenvalue weighted by Crippen LogP contribution is 2.26. The maximum absolute atomic E-state index is 12.6. The van der Waals surface area contributed by atoms with Gasteiger partial charge in [0.05, 0.1) is 13.7 Å². The molecular formula is C24H28N4O4S. The number of hydrogen-bond acceptors (Lipinski definition) is 8. The van der Waals surface area contributed by atoms with Crippen LogP contribution in [0.5, 0.6) is 11.5 Å². The number of amides is 1. The van der Waals surface area contributed by atoms with Crippen molar-refractivity contribution in [1.82, 2.24) is 15.1 Å². The summed E-state index contributed by atoms with van der Waals surface area (Å²) in [5.41, 5.74) is 1.99. The van der Waals surface area contributed by atoms with Gasteiger partial charge in [0.2, 0.25) is 11.8 Å². The van der Waals surface area contributed by atoms with Crippen LogP contribution in [0.25, 0.3) is 11.5 Å². The van der Waals surface area contributed by atoms with Crippen molar-refractivity contribution in [1.29, 1.82) is 0 Å². The lowest BCUT2D eigenvalue weighted by Crippen LogP contribution is -2.48. The molecule has 0 radical (unpaired) electrons. The molecular weight excluding hydrogens is 440 g/mol. The SMILES string of the molecule is CCOc1ccc(-c2nnc(SCCC(=O)N3CCN(c4ccc(OC)cc4)CC3)o2)cc1. The van der Waals surface area contributed by atoms with Gasteiger partial charge in [-0.25, -0.2) is 0 Å². The first-order valence-electron chi connectivity index (χ1n) is 11.0. The Bertz CT molecular complexity index is 1030. The molecule has 0 N–H and O–H groups in total. The summed E-state index contributed by atoms with van der Waals surface area (Å²) in [6.45, 7) is 5.65.